The summed E-state index contributed by atoms with van der Waals surface area (Å²) in [7, 11) is 3.31. The van der Waals surface area contributed by atoms with Gasteiger partial charge in [0.25, 0.3) is 0 Å². The minimum Gasteiger partial charge on any atom is -0.491 e. The van der Waals surface area contributed by atoms with Crippen molar-refractivity contribution in [1.29, 1.82) is 0 Å². The van der Waals surface area contributed by atoms with E-state index < -0.39 is 0 Å². The number of amides is 1. The van der Waals surface area contributed by atoms with E-state index in [9.17, 15) is 4.79 Å². The molecule has 1 aromatic rings. The largest absolute Gasteiger partial charge is 0.491 e. The summed E-state index contributed by atoms with van der Waals surface area (Å²) < 4.78 is 10.6. The van der Waals surface area contributed by atoms with E-state index in [4.69, 9.17) is 9.47 Å². The van der Waals surface area contributed by atoms with Crippen molar-refractivity contribution in [3.05, 3.63) is 29.8 Å². The van der Waals surface area contributed by atoms with Crippen molar-refractivity contribution in [2.45, 2.75) is 26.6 Å². The summed E-state index contributed by atoms with van der Waals surface area (Å²) in [5, 5.41) is 0. The minimum absolute atomic E-state index is 0.134. The zero-order chi connectivity index (χ0) is 12.8. The lowest BCUT2D eigenvalue weighted by molar-refractivity contribution is 0.112. The van der Waals surface area contributed by atoms with Crippen molar-refractivity contribution in [2.24, 2.45) is 0 Å². The zero-order valence-corrected chi connectivity index (χ0v) is 10.8. The summed E-state index contributed by atoms with van der Waals surface area (Å²) in [6.07, 6.45) is -0.213. The van der Waals surface area contributed by atoms with Crippen LogP contribution in [0.2, 0.25) is 0 Å². The number of hydrogen-bond acceptors (Lipinski definition) is 3. The van der Waals surface area contributed by atoms with Gasteiger partial charge in [-0.1, -0.05) is 12.1 Å². The molecule has 1 rings (SSSR count). The highest BCUT2D eigenvalue weighted by Gasteiger charge is 2.05. The number of ether oxygens (including phenoxy) is 2. The van der Waals surface area contributed by atoms with Gasteiger partial charge in [0, 0.05) is 14.1 Å². The van der Waals surface area contributed by atoms with E-state index in [2.05, 4.69) is 0 Å². The lowest BCUT2D eigenvalue weighted by atomic mass is 10.2. The maximum Gasteiger partial charge on any atom is 0.409 e. The molecule has 0 aromatic heterocycles. The Kier molecular flexibility index (Phi) is 4.82. The van der Waals surface area contributed by atoms with E-state index in [1.165, 1.54) is 4.90 Å². The molecule has 94 valence electrons. The van der Waals surface area contributed by atoms with E-state index in [1.54, 1.807) is 14.1 Å². The standard InChI is InChI=1S/C13H19NO3/c1-10(2)17-12-7-5-6-11(8-12)9-16-13(15)14(3)4/h5-8,10H,9H2,1-4H3. The molecule has 0 aliphatic rings. The van der Waals surface area contributed by atoms with Gasteiger partial charge in [-0.05, 0) is 31.5 Å². The first kappa shape index (κ1) is 13.4. The Morgan fingerprint density at radius 2 is 2.06 bits per heavy atom. The molecule has 0 bridgehead atoms. The maximum absolute atomic E-state index is 11.3. The predicted molar refractivity (Wildman–Crippen MR) is 66.1 cm³/mol. The summed E-state index contributed by atoms with van der Waals surface area (Å²) in [4.78, 5) is 12.6. The number of carbonyl (C=O) groups is 1. The van der Waals surface area contributed by atoms with E-state index in [0.29, 0.717) is 0 Å². The molecule has 0 aliphatic carbocycles. The van der Waals surface area contributed by atoms with Crippen LogP contribution in [0.5, 0.6) is 5.75 Å². The molecule has 0 aliphatic heterocycles. The molecule has 1 amide bonds. The lowest BCUT2D eigenvalue weighted by Crippen LogP contribution is -2.22. The Hall–Kier alpha value is -1.71. The maximum atomic E-state index is 11.3. The first-order valence-corrected chi connectivity index (χ1v) is 5.58. The van der Waals surface area contributed by atoms with E-state index in [0.717, 1.165) is 11.3 Å². The fourth-order valence-corrected chi connectivity index (χ4v) is 1.25. The third-order valence-electron chi connectivity index (χ3n) is 2.00. The van der Waals surface area contributed by atoms with Crippen LogP contribution < -0.4 is 4.74 Å². The second-order valence-electron chi connectivity index (χ2n) is 4.26. The third kappa shape index (κ3) is 4.76. The van der Waals surface area contributed by atoms with Gasteiger partial charge in [0.05, 0.1) is 6.10 Å². The molecular formula is C13H19NO3. The van der Waals surface area contributed by atoms with Crippen LogP contribution in [0.25, 0.3) is 0 Å². The van der Waals surface area contributed by atoms with Crippen molar-refractivity contribution in [1.82, 2.24) is 4.90 Å². The van der Waals surface area contributed by atoms with Crippen LogP contribution in [-0.2, 0) is 11.3 Å². The Bertz CT molecular complexity index is 375. The zero-order valence-electron chi connectivity index (χ0n) is 10.8. The highest BCUT2D eigenvalue weighted by atomic mass is 16.6. The predicted octanol–water partition coefficient (Wildman–Crippen LogP) is 2.67. The molecule has 0 unspecified atom stereocenters. The fourth-order valence-electron chi connectivity index (χ4n) is 1.25. The normalized spacial score (nSPS) is 10.2. The lowest BCUT2D eigenvalue weighted by Gasteiger charge is -2.13. The summed E-state index contributed by atoms with van der Waals surface area (Å²) in [5.74, 6) is 0.790. The molecule has 17 heavy (non-hydrogen) atoms. The Morgan fingerprint density at radius 1 is 1.35 bits per heavy atom. The van der Waals surface area contributed by atoms with Crippen LogP contribution in [0.1, 0.15) is 19.4 Å². The molecule has 0 N–H and O–H groups in total. The van der Waals surface area contributed by atoms with Crippen LogP contribution in [-0.4, -0.2) is 31.2 Å². The average Bonchev–Trinajstić information content (AvgIpc) is 2.25. The first-order chi connectivity index (χ1) is 7.99. The molecule has 0 atom stereocenters. The molecule has 0 saturated heterocycles. The van der Waals surface area contributed by atoms with Gasteiger partial charge in [-0.3, -0.25) is 0 Å². The average molecular weight is 237 g/mol. The van der Waals surface area contributed by atoms with Crippen molar-refractivity contribution in [3.8, 4) is 5.75 Å². The van der Waals surface area contributed by atoms with Gasteiger partial charge in [-0.15, -0.1) is 0 Å². The Balaban J connectivity index is 2.57. The molecule has 0 saturated carbocycles. The quantitative estimate of drug-likeness (QED) is 0.808. The number of rotatable bonds is 4. The van der Waals surface area contributed by atoms with Gasteiger partial charge in [0.15, 0.2) is 0 Å². The van der Waals surface area contributed by atoms with Crippen LogP contribution in [0.3, 0.4) is 0 Å². The third-order valence-corrected chi connectivity index (χ3v) is 2.00. The molecular weight excluding hydrogens is 218 g/mol. The van der Waals surface area contributed by atoms with Gasteiger partial charge < -0.3 is 14.4 Å². The van der Waals surface area contributed by atoms with Gasteiger partial charge in [-0.2, -0.15) is 0 Å². The molecule has 0 heterocycles. The first-order valence-electron chi connectivity index (χ1n) is 5.58. The monoisotopic (exact) mass is 237 g/mol. The van der Waals surface area contributed by atoms with Crippen LogP contribution in [0, 0.1) is 0 Å². The number of benzene rings is 1. The fraction of sp³-hybridized carbons (Fsp3) is 0.462. The molecule has 0 fully saturated rings. The van der Waals surface area contributed by atoms with Crippen LogP contribution in [0.15, 0.2) is 24.3 Å². The van der Waals surface area contributed by atoms with Crippen molar-refractivity contribution >= 4 is 6.09 Å². The summed E-state index contributed by atoms with van der Waals surface area (Å²) in [5.41, 5.74) is 0.915. The van der Waals surface area contributed by atoms with Gasteiger partial charge in [-0.25, -0.2) is 4.79 Å². The summed E-state index contributed by atoms with van der Waals surface area (Å²) in [6.45, 7) is 4.20. The van der Waals surface area contributed by atoms with Gasteiger partial charge >= 0.3 is 6.09 Å². The van der Waals surface area contributed by atoms with Crippen molar-refractivity contribution in [3.63, 3.8) is 0 Å². The summed E-state index contributed by atoms with van der Waals surface area (Å²) >= 11 is 0. The van der Waals surface area contributed by atoms with Crippen molar-refractivity contribution < 1.29 is 14.3 Å². The highest BCUT2D eigenvalue weighted by Crippen LogP contribution is 2.15. The van der Waals surface area contributed by atoms with E-state index in [-0.39, 0.29) is 18.8 Å². The van der Waals surface area contributed by atoms with E-state index in [1.807, 2.05) is 38.1 Å². The Morgan fingerprint density at radius 3 is 2.65 bits per heavy atom. The second kappa shape index (κ2) is 6.13. The molecule has 0 radical (unpaired) electrons. The van der Waals surface area contributed by atoms with Gasteiger partial charge in [0.1, 0.15) is 12.4 Å². The van der Waals surface area contributed by atoms with Crippen LogP contribution >= 0.6 is 0 Å². The number of nitrogens with zero attached hydrogens (tertiary/aromatic N) is 1. The molecule has 1 aromatic carbocycles. The molecule has 0 spiro atoms. The number of hydrogen-bond donors (Lipinski definition) is 0. The summed E-state index contributed by atoms with van der Waals surface area (Å²) in [6, 6.07) is 7.55. The topological polar surface area (TPSA) is 38.8 Å². The smallest absolute Gasteiger partial charge is 0.409 e. The Labute approximate surface area is 102 Å². The van der Waals surface area contributed by atoms with Crippen LogP contribution in [0.4, 0.5) is 4.79 Å². The SMILES string of the molecule is CC(C)Oc1cccc(COC(=O)N(C)C)c1. The van der Waals surface area contributed by atoms with Gasteiger partial charge in [0.2, 0.25) is 0 Å². The molecule has 4 heteroatoms. The van der Waals surface area contributed by atoms with Crippen molar-refractivity contribution in [2.75, 3.05) is 14.1 Å². The minimum atomic E-state index is -0.347. The molecule has 4 nitrogen and oxygen atoms in total. The van der Waals surface area contributed by atoms with E-state index >= 15 is 0 Å². The second-order valence-corrected chi connectivity index (χ2v) is 4.26. The number of carbonyl (C=O) groups excluding carboxylic acids is 1. The highest BCUT2D eigenvalue weighted by molar-refractivity contribution is 5.66.